The lowest BCUT2D eigenvalue weighted by molar-refractivity contribution is 1.15. The second-order valence-corrected chi connectivity index (χ2v) is 4.40. The number of nitrogens with one attached hydrogen (secondary N) is 1. The lowest BCUT2D eigenvalue weighted by Crippen LogP contribution is -1.97. The molecule has 0 saturated heterocycles. The first-order chi connectivity index (χ1) is 7.63. The van der Waals surface area contributed by atoms with Crippen molar-refractivity contribution in [2.45, 2.75) is 6.92 Å². The molecule has 0 fully saturated rings. The van der Waals surface area contributed by atoms with E-state index in [-0.39, 0.29) is 0 Å². The molecule has 4 nitrogen and oxygen atoms in total. The maximum Gasteiger partial charge on any atom is 0.136 e. The molecule has 0 unspecified atom stereocenters. The third-order valence-electron chi connectivity index (χ3n) is 1.83. The fourth-order valence-corrected chi connectivity index (χ4v) is 1.92. The summed E-state index contributed by atoms with van der Waals surface area (Å²) >= 11 is 9.08. The quantitative estimate of drug-likeness (QED) is 0.682. The molecule has 16 heavy (non-hydrogen) atoms. The zero-order valence-corrected chi connectivity index (χ0v) is 10.7. The first-order valence-electron chi connectivity index (χ1n) is 4.52. The fraction of sp³-hybridized carbons (Fsp3) is 0.100. The van der Waals surface area contributed by atoms with Crippen LogP contribution in [0.4, 0.5) is 11.6 Å². The largest absolute Gasteiger partial charge is 0.325 e. The summed E-state index contributed by atoms with van der Waals surface area (Å²) in [6.07, 6.45) is 1.40. The van der Waals surface area contributed by atoms with E-state index >= 15 is 0 Å². The van der Waals surface area contributed by atoms with Crippen LogP contribution >= 0.6 is 27.5 Å². The normalized spacial score (nSPS) is 10.2. The summed E-state index contributed by atoms with van der Waals surface area (Å²) < 4.78 is 0.773. The monoisotopic (exact) mass is 298 g/mol. The maximum atomic E-state index is 5.75. The lowest BCUT2D eigenvalue weighted by atomic mass is 10.3. The van der Waals surface area contributed by atoms with Crippen LogP contribution in [0.2, 0.25) is 5.15 Å². The third-order valence-corrected chi connectivity index (χ3v) is 2.44. The number of hydrogen-bond acceptors (Lipinski definition) is 4. The Morgan fingerprint density at radius 1 is 1.19 bits per heavy atom. The van der Waals surface area contributed by atoms with Gasteiger partial charge in [-0.2, -0.15) is 0 Å². The molecule has 0 radical (unpaired) electrons. The van der Waals surface area contributed by atoms with E-state index in [9.17, 15) is 0 Å². The van der Waals surface area contributed by atoms with Crippen LogP contribution in [0.1, 0.15) is 5.56 Å². The van der Waals surface area contributed by atoms with Gasteiger partial charge in [-0.1, -0.05) is 11.6 Å². The Labute approximate surface area is 106 Å². The van der Waals surface area contributed by atoms with Gasteiger partial charge in [0.15, 0.2) is 0 Å². The Balaban J connectivity index is 2.27. The molecule has 0 atom stereocenters. The van der Waals surface area contributed by atoms with Gasteiger partial charge in [0.1, 0.15) is 27.7 Å². The predicted octanol–water partition coefficient (Wildman–Crippen LogP) is 3.34. The van der Waals surface area contributed by atoms with Crippen molar-refractivity contribution < 1.29 is 0 Å². The highest BCUT2D eigenvalue weighted by molar-refractivity contribution is 9.10. The highest BCUT2D eigenvalue weighted by atomic mass is 79.9. The van der Waals surface area contributed by atoms with Gasteiger partial charge in [0.2, 0.25) is 0 Å². The van der Waals surface area contributed by atoms with Gasteiger partial charge < -0.3 is 5.32 Å². The number of aromatic nitrogens is 3. The van der Waals surface area contributed by atoms with E-state index in [1.54, 1.807) is 6.07 Å². The van der Waals surface area contributed by atoms with Crippen LogP contribution in [0.15, 0.2) is 29.1 Å². The van der Waals surface area contributed by atoms with E-state index in [1.165, 1.54) is 6.33 Å². The van der Waals surface area contributed by atoms with Crippen molar-refractivity contribution in [3.05, 3.63) is 39.8 Å². The number of aryl methyl sites for hydroxylation is 1. The van der Waals surface area contributed by atoms with E-state index < -0.39 is 0 Å². The minimum Gasteiger partial charge on any atom is -0.325 e. The van der Waals surface area contributed by atoms with Gasteiger partial charge in [-0.3, -0.25) is 0 Å². The Morgan fingerprint density at radius 3 is 2.69 bits per heavy atom. The van der Waals surface area contributed by atoms with E-state index in [2.05, 4.69) is 36.2 Å². The topological polar surface area (TPSA) is 50.7 Å². The number of pyridine rings is 1. The molecule has 0 spiro atoms. The molecule has 2 aromatic rings. The Kier molecular flexibility index (Phi) is 3.36. The number of anilines is 2. The zero-order chi connectivity index (χ0) is 11.5. The van der Waals surface area contributed by atoms with Crippen LogP contribution in [-0.4, -0.2) is 15.0 Å². The Bertz CT molecular complexity index is 498. The molecule has 0 aliphatic carbocycles. The van der Waals surface area contributed by atoms with E-state index in [0.717, 1.165) is 10.2 Å². The first kappa shape index (κ1) is 11.3. The second kappa shape index (κ2) is 4.76. The number of nitrogens with zero attached hydrogens (tertiary/aromatic N) is 3. The highest BCUT2D eigenvalue weighted by Gasteiger charge is 2.01. The highest BCUT2D eigenvalue weighted by Crippen LogP contribution is 2.18. The summed E-state index contributed by atoms with van der Waals surface area (Å²) in [6.45, 7) is 1.99. The molecule has 0 saturated carbocycles. The van der Waals surface area contributed by atoms with Crippen molar-refractivity contribution in [3.63, 3.8) is 0 Å². The maximum absolute atomic E-state index is 5.75. The molecule has 0 amide bonds. The molecular formula is C10H8BrClN4. The molecule has 0 aliphatic rings. The molecule has 2 aromatic heterocycles. The summed E-state index contributed by atoms with van der Waals surface area (Å²) in [4.78, 5) is 12.1. The Morgan fingerprint density at radius 2 is 2.00 bits per heavy atom. The van der Waals surface area contributed by atoms with Gasteiger partial charge in [-0.25, -0.2) is 15.0 Å². The van der Waals surface area contributed by atoms with Crippen molar-refractivity contribution in [1.82, 2.24) is 15.0 Å². The van der Waals surface area contributed by atoms with Crippen molar-refractivity contribution in [1.29, 1.82) is 0 Å². The van der Waals surface area contributed by atoms with Crippen molar-refractivity contribution in [3.8, 4) is 0 Å². The van der Waals surface area contributed by atoms with Gasteiger partial charge in [0.05, 0.1) is 0 Å². The summed E-state index contributed by atoms with van der Waals surface area (Å²) in [5.41, 5.74) is 1.10. The molecule has 82 valence electrons. The van der Waals surface area contributed by atoms with Crippen LogP contribution in [0.25, 0.3) is 0 Å². The second-order valence-electron chi connectivity index (χ2n) is 3.20. The lowest BCUT2D eigenvalue weighted by Gasteiger charge is -2.05. The van der Waals surface area contributed by atoms with Crippen molar-refractivity contribution >= 4 is 39.2 Å². The molecule has 6 heteroatoms. The van der Waals surface area contributed by atoms with E-state index in [4.69, 9.17) is 11.6 Å². The van der Waals surface area contributed by atoms with Crippen LogP contribution in [0, 0.1) is 6.92 Å². The average Bonchev–Trinajstić information content (AvgIpc) is 2.15. The van der Waals surface area contributed by atoms with Crippen molar-refractivity contribution in [2.24, 2.45) is 0 Å². The number of halogens is 2. The predicted molar refractivity (Wildman–Crippen MR) is 67.0 cm³/mol. The summed E-state index contributed by atoms with van der Waals surface area (Å²) in [5, 5.41) is 3.44. The minimum atomic E-state index is 0.393. The average molecular weight is 300 g/mol. The van der Waals surface area contributed by atoms with Crippen molar-refractivity contribution in [2.75, 3.05) is 5.32 Å². The smallest absolute Gasteiger partial charge is 0.136 e. The van der Waals surface area contributed by atoms with Crippen LogP contribution in [0.5, 0.6) is 0 Å². The fourth-order valence-electron chi connectivity index (χ4n) is 1.22. The molecule has 2 heterocycles. The number of rotatable bonds is 2. The third kappa shape index (κ3) is 2.90. The zero-order valence-electron chi connectivity index (χ0n) is 8.41. The molecule has 0 aromatic carbocycles. The van der Waals surface area contributed by atoms with E-state index in [1.807, 2.05) is 19.1 Å². The van der Waals surface area contributed by atoms with Gasteiger partial charge >= 0.3 is 0 Å². The summed E-state index contributed by atoms with van der Waals surface area (Å²) in [6, 6.07) is 5.48. The standard InChI is InChI=1S/C10H8BrClN4/c1-6-2-7(11)15-10(3-6)16-9-4-8(12)13-5-14-9/h2-5H,1H3,(H,13,14,15,16). The van der Waals surface area contributed by atoms with Gasteiger partial charge in [0.25, 0.3) is 0 Å². The van der Waals surface area contributed by atoms with Crippen LogP contribution in [0.3, 0.4) is 0 Å². The van der Waals surface area contributed by atoms with Gasteiger partial charge in [-0.05, 0) is 40.5 Å². The molecule has 2 rings (SSSR count). The molecular weight excluding hydrogens is 291 g/mol. The van der Waals surface area contributed by atoms with Gasteiger partial charge in [-0.15, -0.1) is 0 Å². The molecule has 1 N–H and O–H groups in total. The Hall–Kier alpha value is -1.20. The SMILES string of the molecule is Cc1cc(Br)nc(Nc2cc(Cl)ncn2)c1. The number of hydrogen-bond donors (Lipinski definition) is 1. The summed E-state index contributed by atoms with van der Waals surface area (Å²) in [5.74, 6) is 1.33. The first-order valence-corrected chi connectivity index (χ1v) is 5.69. The van der Waals surface area contributed by atoms with E-state index in [0.29, 0.717) is 16.8 Å². The van der Waals surface area contributed by atoms with Crippen LogP contribution in [-0.2, 0) is 0 Å². The minimum absolute atomic E-state index is 0.393. The van der Waals surface area contributed by atoms with Gasteiger partial charge in [0, 0.05) is 6.07 Å². The summed E-state index contributed by atoms with van der Waals surface area (Å²) in [7, 11) is 0. The molecule has 0 aliphatic heterocycles. The van der Waals surface area contributed by atoms with Crippen LogP contribution < -0.4 is 5.32 Å². The molecule has 0 bridgehead atoms.